The van der Waals surface area contributed by atoms with Crippen LogP contribution in [-0.4, -0.2) is 45.9 Å². The number of rotatable bonds is 6. The van der Waals surface area contributed by atoms with Crippen molar-refractivity contribution in [2.24, 2.45) is 5.73 Å². The molecule has 0 radical (unpaired) electrons. The van der Waals surface area contributed by atoms with Crippen molar-refractivity contribution in [3.63, 3.8) is 0 Å². The van der Waals surface area contributed by atoms with E-state index in [0.29, 0.717) is 11.3 Å². The van der Waals surface area contributed by atoms with E-state index in [9.17, 15) is 26.4 Å². The molecular weight excluding hydrogens is 499 g/mol. The minimum Gasteiger partial charge on any atom is -0.384 e. The van der Waals surface area contributed by atoms with Gasteiger partial charge >= 0.3 is 5.51 Å². The van der Waals surface area contributed by atoms with E-state index in [0.717, 1.165) is 10.9 Å². The lowest BCUT2D eigenvalue weighted by molar-refractivity contribution is -0.0435. The maximum atomic E-state index is 13.4. The molecular formula is C22H16F3N7O3S. The number of halogens is 3. The van der Waals surface area contributed by atoms with Gasteiger partial charge in [0, 0.05) is 16.8 Å². The maximum absolute atomic E-state index is 13.4. The molecule has 184 valence electrons. The van der Waals surface area contributed by atoms with Crippen LogP contribution in [0.3, 0.4) is 0 Å². The molecule has 36 heavy (non-hydrogen) atoms. The highest BCUT2D eigenvalue weighted by Crippen LogP contribution is 2.37. The van der Waals surface area contributed by atoms with Crippen molar-refractivity contribution in [2.75, 3.05) is 5.32 Å². The number of amides is 1. The van der Waals surface area contributed by atoms with Gasteiger partial charge in [-0.15, -0.1) is 15.0 Å². The van der Waals surface area contributed by atoms with Crippen molar-refractivity contribution in [3.8, 4) is 16.8 Å². The number of hydrogen-bond acceptors (Lipinski definition) is 7. The third kappa shape index (κ3) is 4.79. The van der Waals surface area contributed by atoms with Crippen LogP contribution in [0, 0.1) is 5.41 Å². The summed E-state index contributed by atoms with van der Waals surface area (Å²) in [6.07, 6.45) is 0. The molecule has 4 rings (SSSR count). The zero-order valence-corrected chi connectivity index (χ0v) is 18.9. The number of amidine groups is 1. The van der Waals surface area contributed by atoms with Crippen molar-refractivity contribution in [1.82, 2.24) is 20.2 Å². The number of nitrogen functional groups attached to an aromatic ring is 1. The van der Waals surface area contributed by atoms with Crippen LogP contribution >= 0.6 is 0 Å². The van der Waals surface area contributed by atoms with E-state index < -0.39 is 32.0 Å². The summed E-state index contributed by atoms with van der Waals surface area (Å²) in [6, 6.07) is 17.1. The first-order valence-corrected chi connectivity index (χ1v) is 11.5. The number of sulfone groups is 1. The number of tetrazole rings is 1. The summed E-state index contributed by atoms with van der Waals surface area (Å²) in [5, 5.41) is 21.1. The van der Waals surface area contributed by atoms with Gasteiger partial charge in [-0.3, -0.25) is 10.2 Å². The second-order valence-electron chi connectivity index (χ2n) is 7.35. The van der Waals surface area contributed by atoms with Gasteiger partial charge in [-0.1, -0.05) is 48.5 Å². The van der Waals surface area contributed by atoms with Crippen LogP contribution in [-0.2, 0) is 9.84 Å². The van der Waals surface area contributed by atoms with Gasteiger partial charge in [-0.05, 0) is 35.0 Å². The number of aromatic nitrogens is 4. The highest BCUT2D eigenvalue weighted by molar-refractivity contribution is 7.92. The van der Waals surface area contributed by atoms with Crippen LogP contribution < -0.4 is 11.1 Å². The number of benzene rings is 3. The van der Waals surface area contributed by atoms with Gasteiger partial charge in [0.2, 0.25) is 0 Å². The van der Waals surface area contributed by atoms with Crippen molar-refractivity contribution < 1.29 is 26.4 Å². The number of carbonyl (C=O) groups excluding carboxylic acids is 1. The number of hydrogen-bond donors (Lipinski definition) is 3. The molecule has 0 aliphatic rings. The summed E-state index contributed by atoms with van der Waals surface area (Å²) >= 11 is 0. The Morgan fingerprint density at radius 1 is 1.00 bits per heavy atom. The molecule has 1 amide bonds. The summed E-state index contributed by atoms with van der Waals surface area (Å²) in [5.74, 6) is -1.57. The predicted octanol–water partition coefficient (Wildman–Crippen LogP) is 3.16. The Morgan fingerprint density at radius 2 is 1.72 bits per heavy atom. The SMILES string of the molecule is N=C(N)c1cccc(-n2nnc(C(=O)Nc3ccc(-c4ccccc4)c(S(=O)(=O)C(F)(F)F)c3)n2)c1. The molecule has 0 saturated carbocycles. The largest absolute Gasteiger partial charge is 0.501 e. The van der Waals surface area contributed by atoms with E-state index in [1.807, 2.05) is 0 Å². The highest BCUT2D eigenvalue weighted by atomic mass is 32.2. The highest BCUT2D eigenvalue weighted by Gasteiger charge is 2.48. The number of alkyl halides is 3. The second kappa shape index (κ2) is 9.22. The van der Waals surface area contributed by atoms with Gasteiger partial charge in [0.1, 0.15) is 5.84 Å². The topological polar surface area (TPSA) is 157 Å². The minimum atomic E-state index is -5.75. The molecule has 10 nitrogen and oxygen atoms in total. The van der Waals surface area contributed by atoms with Gasteiger partial charge in [0.25, 0.3) is 21.6 Å². The van der Waals surface area contributed by atoms with Crippen molar-refractivity contribution in [1.29, 1.82) is 5.41 Å². The summed E-state index contributed by atoms with van der Waals surface area (Å²) < 4.78 is 64.8. The molecule has 0 spiro atoms. The molecule has 0 unspecified atom stereocenters. The molecule has 1 heterocycles. The summed E-state index contributed by atoms with van der Waals surface area (Å²) in [4.78, 5) is 12.6. The third-order valence-corrected chi connectivity index (χ3v) is 6.45. The summed E-state index contributed by atoms with van der Waals surface area (Å²) in [7, 11) is -5.75. The zero-order chi connectivity index (χ0) is 26.1. The molecule has 1 aromatic heterocycles. The van der Waals surface area contributed by atoms with E-state index in [4.69, 9.17) is 11.1 Å². The Labute approximate surface area is 202 Å². The summed E-state index contributed by atoms with van der Waals surface area (Å²) in [6.45, 7) is 0. The quantitative estimate of drug-likeness (QED) is 0.263. The number of anilines is 1. The van der Waals surface area contributed by atoms with Crippen LogP contribution in [0.15, 0.2) is 77.7 Å². The first-order chi connectivity index (χ1) is 17.0. The van der Waals surface area contributed by atoms with Crippen molar-refractivity contribution in [2.45, 2.75) is 10.4 Å². The van der Waals surface area contributed by atoms with Crippen molar-refractivity contribution in [3.05, 3.63) is 84.2 Å². The third-order valence-electron chi connectivity index (χ3n) is 4.92. The number of nitrogens with one attached hydrogen (secondary N) is 2. The van der Waals surface area contributed by atoms with Crippen LogP contribution in [0.4, 0.5) is 18.9 Å². The lowest BCUT2D eigenvalue weighted by Crippen LogP contribution is -2.24. The average Bonchev–Trinajstić information content (AvgIpc) is 3.35. The first-order valence-electron chi connectivity index (χ1n) is 10.0. The van der Waals surface area contributed by atoms with E-state index in [2.05, 4.69) is 20.7 Å². The first kappa shape index (κ1) is 24.5. The Kier molecular flexibility index (Phi) is 6.28. The standard InChI is InChI=1S/C22H16F3N7O3S/c23-22(24,25)36(34,35)18-12-15(9-10-17(18)13-5-2-1-3-6-13)28-21(33)20-29-31-32(30-20)16-8-4-7-14(11-16)19(26)27/h1-12H,(H3,26,27)(H,28,33). The van der Waals surface area contributed by atoms with Crippen LogP contribution in [0.5, 0.6) is 0 Å². The Bertz CT molecular complexity index is 1570. The van der Waals surface area contributed by atoms with Gasteiger partial charge < -0.3 is 11.1 Å². The Hall–Kier alpha value is -4.59. The molecule has 3 aromatic carbocycles. The molecule has 14 heteroatoms. The van der Waals surface area contributed by atoms with Crippen LogP contribution in [0.2, 0.25) is 0 Å². The molecule has 0 aliphatic heterocycles. The zero-order valence-electron chi connectivity index (χ0n) is 18.1. The molecule has 0 aliphatic carbocycles. The van der Waals surface area contributed by atoms with Crippen LogP contribution in [0.25, 0.3) is 16.8 Å². The lowest BCUT2D eigenvalue weighted by atomic mass is 10.1. The van der Waals surface area contributed by atoms with Crippen molar-refractivity contribution >= 4 is 27.3 Å². The molecule has 0 saturated heterocycles. The van der Waals surface area contributed by atoms with Crippen LogP contribution in [0.1, 0.15) is 16.2 Å². The predicted molar refractivity (Wildman–Crippen MR) is 123 cm³/mol. The van der Waals surface area contributed by atoms with E-state index >= 15 is 0 Å². The smallest absolute Gasteiger partial charge is 0.384 e. The number of nitrogens with two attached hydrogens (primary N) is 1. The number of carbonyl (C=O) groups is 1. The molecule has 0 atom stereocenters. The monoisotopic (exact) mass is 515 g/mol. The second-order valence-corrected chi connectivity index (χ2v) is 9.26. The molecule has 4 N–H and O–H groups in total. The Balaban J connectivity index is 1.66. The normalized spacial score (nSPS) is 11.8. The minimum absolute atomic E-state index is 0.180. The Morgan fingerprint density at radius 3 is 2.39 bits per heavy atom. The van der Waals surface area contributed by atoms with E-state index in [1.54, 1.807) is 36.4 Å². The maximum Gasteiger partial charge on any atom is 0.501 e. The molecule has 0 bridgehead atoms. The average molecular weight is 515 g/mol. The van der Waals surface area contributed by atoms with E-state index in [-0.39, 0.29) is 22.6 Å². The number of nitrogens with zero attached hydrogens (tertiary/aromatic N) is 4. The van der Waals surface area contributed by atoms with Gasteiger partial charge in [-0.2, -0.15) is 13.2 Å². The van der Waals surface area contributed by atoms with Gasteiger partial charge in [-0.25, -0.2) is 8.42 Å². The fraction of sp³-hybridized carbons (Fsp3) is 0.0455. The van der Waals surface area contributed by atoms with Gasteiger partial charge in [0.15, 0.2) is 0 Å². The summed E-state index contributed by atoms with van der Waals surface area (Å²) in [5.41, 5.74) is 0.470. The molecule has 4 aromatic rings. The molecule has 0 fully saturated rings. The van der Waals surface area contributed by atoms with Gasteiger partial charge in [0.05, 0.1) is 10.6 Å². The fourth-order valence-electron chi connectivity index (χ4n) is 3.20. The lowest BCUT2D eigenvalue weighted by Gasteiger charge is -2.15. The fourth-order valence-corrected chi connectivity index (χ4v) is 4.21. The van der Waals surface area contributed by atoms with E-state index in [1.165, 1.54) is 30.3 Å².